The zero-order chi connectivity index (χ0) is 9.68. The fourth-order valence-corrected chi connectivity index (χ4v) is 2.14. The van der Waals surface area contributed by atoms with Gasteiger partial charge in [0.25, 0.3) is 0 Å². The van der Waals surface area contributed by atoms with Gasteiger partial charge in [-0.2, -0.15) is 5.26 Å². The van der Waals surface area contributed by atoms with Gasteiger partial charge in [-0.05, 0) is 12.8 Å². The van der Waals surface area contributed by atoms with E-state index in [1.54, 1.807) is 5.38 Å². The van der Waals surface area contributed by atoms with Crippen molar-refractivity contribution >= 4 is 17.6 Å². The summed E-state index contributed by atoms with van der Waals surface area (Å²) in [5.74, 6) is 0. The molecule has 0 atom stereocenters. The molecule has 0 spiro atoms. The average Bonchev–Trinajstić information content (AvgIpc) is 2.56. The molecular weight excluding hydrogens is 182 g/mol. The maximum absolute atomic E-state index is 10.7. The van der Waals surface area contributed by atoms with Crippen LogP contribution in [-0.4, -0.2) is 6.29 Å². The Labute approximate surface area is 81.8 Å². The van der Waals surface area contributed by atoms with E-state index in [2.05, 4.69) is 6.92 Å². The zero-order valence-electron chi connectivity index (χ0n) is 7.54. The van der Waals surface area contributed by atoms with Gasteiger partial charge in [0, 0.05) is 15.8 Å². The minimum Gasteiger partial charge on any atom is -0.298 e. The molecule has 0 saturated heterocycles. The van der Waals surface area contributed by atoms with Crippen LogP contribution < -0.4 is 0 Å². The lowest BCUT2D eigenvalue weighted by Gasteiger charge is -1.95. The van der Waals surface area contributed by atoms with E-state index in [0.717, 1.165) is 30.4 Å². The summed E-state index contributed by atoms with van der Waals surface area (Å²) in [4.78, 5) is 11.7. The van der Waals surface area contributed by atoms with Gasteiger partial charge in [-0.1, -0.05) is 13.3 Å². The van der Waals surface area contributed by atoms with Gasteiger partial charge in [-0.3, -0.25) is 4.79 Å². The van der Waals surface area contributed by atoms with Gasteiger partial charge in [0.1, 0.15) is 6.07 Å². The molecule has 0 unspecified atom stereocenters. The predicted molar refractivity (Wildman–Crippen MR) is 53.0 cm³/mol. The summed E-state index contributed by atoms with van der Waals surface area (Å²) in [6.07, 6.45) is 3.89. The van der Waals surface area contributed by atoms with Crippen molar-refractivity contribution in [1.29, 1.82) is 5.26 Å². The molecule has 0 bridgehead atoms. The molecular formula is C10H11NOS. The highest BCUT2D eigenvalue weighted by atomic mass is 32.1. The summed E-state index contributed by atoms with van der Waals surface area (Å²) in [6.45, 7) is 2.11. The summed E-state index contributed by atoms with van der Waals surface area (Å²) in [7, 11) is 0. The summed E-state index contributed by atoms with van der Waals surface area (Å²) in [5, 5.41) is 10.4. The largest absolute Gasteiger partial charge is 0.298 e. The van der Waals surface area contributed by atoms with E-state index >= 15 is 0 Å². The fraction of sp³-hybridized carbons (Fsp3) is 0.400. The molecule has 1 rings (SSSR count). The molecule has 0 aliphatic heterocycles. The van der Waals surface area contributed by atoms with Gasteiger partial charge in [-0.15, -0.1) is 11.3 Å². The van der Waals surface area contributed by atoms with Crippen molar-refractivity contribution in [2.45, 2.75) is 26.2 Å². The first-order chi connectivity index (χ1) is 6.33. The summed E-state index contributed by atoms with van der Waals surface area (Å²) < 4.78 is 0. The topological polar surface area (TPSA) is 40.9 Å². The van der Waals surface area contributed by atoms with Crippen LogP contribution in [0.2, 0.25) is 0 Å². The molecule has 1 aromatic rings. The number of unbranched alkanes of at least 4 members (excludes halogenated alkanes) is 1. The number of carbonyl (C=O) groups is 1. The highest BCUT2D eigenvalue weighted by Gasteiger charge is 2.09. The average molecular weight is 193 g/mol. The number of rotatable bonds is 4. The first-order valence-corrected chi connectivity index (χ1v) is 5.17. The Kier molecular flexibility index (Phi) is 3.66. The molecule has 13 heavy (non-hydrogen) atoms. The predicted octanol–water partition coefficient (Wildman–Crippen LogP) is 2.77. The quantitative estimate of drug-likeness (QED) is 0.690. The van der Waals surface area contributed by atoms with Crippen molar-refractivity contribution in [1.82, 2.24) is 0 Å². The third-order valence-corrected chi connectivity index (χ3v) is 2.97. The van der Waals surface area contributed by atoms with Gasteiger partial charge in [0.2, 0.25) is 0 Å². The molecule has 0 N–H and O–H groups in total. The second-order valence-electron chi connectivity index (χ2n) is 2.82. The number of hydrogen-bond acceptors (Lipinski definition) is 3. The molecule has 0 radical (unpaired) electrons. The number of nitriles is 1. The molecule has 0 fully saturated rings. The SMILES string of the molecule is CCCCc1scc(C#N)c1C=O. The van der Waals surface area contributed by atoms with Crippen LogP contribution in [0.15, 0.2) is 5.38 Å². The van der Waals surface area contributed by atoms with Crippen molar-refractivity contribution in [3.05, 3.63) is 21.4 Å². The van der Waals surface area contributed by atoms with E-state index in [-0.39, 0.29) is 0 Å². The monoisotopic (exact) mass is 193 g/mol. The molecule has 68 valence electrons. The molecule has 0 aromatic carbocycles. The van der Waals surface area contributed by atoms with Gasteiger partial charge in [-0.25, -0.2) is 0 Å². The number of nitrogens with zero attached hydrogens (tertiary/aromatic N) is 1. The lowest BCUT2D eigenvalue weighted by Crippen LogP contribution is -1.88. The Morgan fingerprint density at radius 1 is 1.69 bits per heavy atom. The third-order valence-electron chi connectivity index (χ3n) is 1.91. The maximum Gasteiger partial charge on any atom is 0.152 e. The van der Waals surface area contributed by atoms with E-state index in [4.69, 9.17) is 5.26 Å². The Balaban J connectivity index is 2.89. The minimum absolute atomic E-state index is 0.520. The number of thiophene rings is 1. The molecule has 0 amide bonds. The van der Waals surface area contributed by atoms with Crippen LogP contribution in [0.1, 0.15) is 40.6 Å². The van der Waals surface area contributed by atoms with E-state index in [0.29, 0.717) is 11.1 Å². The van der Waals surface area contributed by atoms with E-state index in [9.17, 15) is 4.79 Å². The molecule has 0 saturated carbocycles. The van der Waals surface area contributed by atoms with Crippen LogP contribution >= 0.6 is 11.3 Å². The van der Waals surface area contributed by atoms with Crippen LogP contribution in [0.5, 0.6) is 0 Å². The number of aryl methyl sites for hydroxylation is 1. The zero-order valence-corrected chi connectivity index (χ0v) is 8.36. The fourth-order valence-electron chi connectivity index (χ4n) is 1.15. The first kappa shape index (κ1) is 9.94. The lowest BCUT2D eigenvalue weighted by molar-refractivity contribution is 0.112. The molecule has 1 aromatic heterocycles. The molecule has 0 aliphatic carbocycles. The summed E-state index contributed by atoms with van der Waals surface area (Å²) >= 11 is 1.51. The van der Waals surface area contributed by atoms with Gasteiger partial charge in [0.15, 0.2) is 6.29 Å². The molecule has 3 heteroatoms. The van der Waals surface area contributed by atoms with Crippen molar-refractivity contribution in [2.75, 3.05) is 0 Å². The molecule has 0 aliphatic rings. The van der Waals surface area contributed by atoms with E-state index in [1.807, 2.05) is 6.07 Å². The second-order valence-corrected chi connectivity index (χ2v) is 3.78. The standard InChI is InChI=1S/C10H11NOS/c1-2-3-4-10-9(6-12)8(5-11)7-13-10/h6-7H,2-4H2,1H3. The summed E-state index contributed by atoms with van der Waals surface area (Å²) in [5.41, 5.74) is 1.12. The van der Waals surface area contributed by atoms with Gasteiger partial charge < -0.3 is 0 Å². The van der Waals surface area contributed by atoms with E-state index < -0.39 is 0 Å². The normalized spacial score (nSPS) is 9.54. The highest BCUT2D eigenvalue weighted by Crippen LogP contribution is 2.22. The maximum atomic E-state index is 10.7. The summed E-state index contributed by atoms with van der Waals surface area (Å²) in [6, 6.07) is 2.02. The Morgan fingerprint density at radius 2 is 2.46 bits per heavy atom. The van der Waals surface area contributed by atoms with Gasteiger partial charge in [0.05, 0.1) is 5.56 Å². The Hall–Kier alpha value is -1.14. The third kappa shape index (κ3) is 2.16. The first-order valence-electron chi connectivity index (χ1n) is 4.29. The lowest BCUT2D eigenvalue weighted by atomic mass is 10.1. The van der Waals surface area contributed by atoms with Crippen LogP contribution in [0, 0.1) is 11.3 Å². The second kappa shape index (κ2) is 4.78. The Morgan fingerprint density at radius 3 is 3.00 bits per heavy atom. The van der Waals surface area contributed by atoms with Crippen molar-refractivity contribution in [3.8, 4) is 6.07 Å². The van der Waals surface area contributed by atoms with Crippen LogP contribution in [0.3, 0.4) is 0 Å². The van der Waals surface area contributed by atoms with Crippen LogP contribution in [0.25, 0.3) is 0 Å². The van der Waals surface area contributed by atoms with E-state index in [1.165, 1.54) is 11.3 Å². The van der Waals surface area contributed by atoms with Gasteiger partial charge >= 0.3 is 0 Å². The molecule has 1 heterocycles. The number of hydrogen-bond donors (Lipinski definition) is 0. The minimum atomic E-state index is 0.520. The van der Waals surface area contributed by atoms with Crippen molar-refractivity contribution < 1.29 is 4.79 Å². The number of aldehydes is 1. The highest BCUT2D eigenvalue weighted by molar-refractivity contribution is 7.10. The number of carbonyl (C=O) groups excluding carboxylic acids is 1. The van der Waals surface area contributed by atoms with Crippen molar-refractivity contribution in [2.24, 2.45) is 0 Å². The Bertz CT molecular complexity index is 335. The van der Waals surface area contributed by atoms with Crippen LogP contribution in [0.4, 0.5) is 0 Å². The van der Waals surface area contributed by atoms with Crippen molar-refractivity contribution in [3.63, 3.8) is 0 Å². The molecule has 2 nitrogen and oxygen atoms in total. The smallest absolute Gasteiger partial charge is 0.152 e. The van der Waals surface area contributed by atoms with Crippen LogP contribution in [-0.2, 0) is 6.42 Å².